The predicted octanol–water partition coefficient (Wildman–Crippen LogP) is 1.41. The Morgan fingerprint density at radius 1 is 1.65 bits per heavy atom. The number of pyridine rings is 1. The Labute approximate surface area is 101 Å². The van der Waals surface area contributed by atoms with Gasteiger partial charge >= 0.3 is 0 Å². The molecular weight excluding hydrogens is 216 g/mol. The van der Waals surface area contributed by atoms with Crippen molar-refractivity contribution in [3.05, 3.63) is 23.9 Å². The van der Waals surface area contributed by atoms with Crippen LogP contribution in [0, 0.1) is 5.92 Å². The zero-order chi connectivity index (χ0) is 12.3. The highest BCUT2D eigenvalue weighted by atomic mass is 16.4. The second kappa shape index (κ2) is 5.03. The topological polar surface area (TPSA) is 74.7 Å². The lowest BCUT2D eigenvalue weighted by atomic mass is 10.00. The SMILES string of the molecule is CC1CCCN(c2ncccc2/C(N)=N/O)C1. The number of nitrogens with zero attached hydrogens (tertiary/aromatic N) is 3. The average Bonchev–Trinajstić information content (AvgIpc) is 2.38. The summed E-state index contributed by atoms with van der Waals surface area (Å²) in [5.41, 5.74) is 6.37. The lowest BCUT2D eigenvalue weighted by Gasteiger charge is -2.32. The summed E-state index contributed by atoms with van der Waals surface area (Å²) in [5, 5.41) is 11.8. The molecule has 1 atom stereocenters. The molecule has 1 saturated heterocycles. The van der Waals surface area contributed by atoms with Crippen LogP contribution < -0.4 is 10.6 Å². The minimum atomic E-state index is 0.117. The van der Waals surface area contributed by atoms with Crippen LogP contribution in [0.15, 0.2) is 23.5 Å². The first-order valence-electron chi connectivity index (χ1n) is 5.90. The van der Waals surface area contributed by atoms with E-state index in [-0.39, 0.29) is 5.84 Å². The second-order valence-electron chi connectivity index (χ2n) is 4.55. The van der Waals surface area contributed by atoms with Gasteiger partial charge < -0.3 is 15.8 Å². The van der Waals surface area contributed by atoms with Crippen molar-refractivity contribution in [1.82, 2.24) is 4.98 Å². The lowest BCUT2D eigenvalue weighted by Crippen LogP contribution is -2.36. The summed E-state index contributed by atoms with van der Waals surface area (Å²) in [7, 11) is 0. The average molecular weight is 234 g/mol. The normalized spacial score (nSPS) is 21.6. The highest BCUT2D eigenvalue weighted by molar-refractivity contribution is 6.01. The molecule has 3 N–H and O–H groups in total. The van der Waals surface area contributed by atoms with E-state index in [1.807, 2.05) is 6.07 Å². The van der Waals surface area contributed by atoms with Crippen LogP contribution in [0.1, 0.15) is 25.3 Å². The molecule has 0 radical (unpaired) electrons. The summed E-state index contributed by atoms with van der Waals surface area (Å²) in [6.07, 6.45) is 4.15. The molecule has 1 aliphatic rings. The summed E-state index contributed by atoms with van der Waals surface area (Å²) in [4.78, 5) is 6.57. The third kappa shape index (κ3) is 2.49. The van der Waals surface area contributed by atoms with E-state index >= 15 is 0 Å². The largest absolute Gasteiger partial charge is 0.409 e. The van der Waals surface area contributed by atoms with Crippen LogP contribution in [-0.4, -0.2) is 29.1 Å². The van der Waals surface area contributed by atoms with Crippen LogP contribution in [0.25, 0.3) is 0 Å². The molecule has 5 nitrogen and oxygen atoms in total. The maximum atomic E-state index is 8.78. The van der Waals surface area contributed by atoms with Crippen molar-refractivity contribution in [2.24, 2.45) is 16.8 Å². The fourth-order valence-corrected chi connectivity index (χ4v) is 2.28. The fraction of sp³-hybridized carbons (Fsp3) is 0.500. The van der Waals surface area contributed by atoms with E-state index in [0.717, 1.165) is 25.3 Å². The molecule has 1 aliphatic heterocycles. The van der Waals surface area contributed by atoms with Crippen molar-refractivity contribution in [3.63, 3.8) is 0 Å². The number of rotatable bonds is 2. The first-order valence-corrected chi connectivity index (χ1v) is 5.90. The molecule has 2 rings (SSSR count). The van der Waals surface area contributed by atoms with Crippen molar-refractivity contribution in [3.8, 4) is 0 Å². The van der Waals surface area contributed by atoms with E-state index in [1.165, 1.54) is 6.42 Å². The Kier molecular flexibility index (Phi) is 3.46. The van der Waals surface area contributed by atoms with Crippen LogP contribution in [0.4, 0.5) is 5.82 Å². The third-order valence-electron chi connectivity index (χ3n) is 3.13. The van der Waals surface area contributed by atoms with Gasteiger partial charge in [0, 0.05) is 19.3 Å². The van der Waals surface area contributed by atoms with Gasteiger partial charge in [0.15, 0.2) is 5.84 Å². The molecule has 0 aliphatic carbocycles. The number of oxime groups is 1. The van der Waals surface area contributed by atoms with Crippen LogP contribution in [0.3, 0.4) is 0 Å². The molecule has 1 aromatic heterocycles. The summed E-state index contributed by atoms with van der Waals surface area (Å²) >= 11 is 0. The van der Waals surface area contributed by atoms with E-state index < -0.39 is 0 Å². The highest BCUT2D eigenvalue weighted by Crippen LogP contribution is 2.23. The molecule has 1 unspecified atom stereocenters. The monoisotopic (exact) mass is 234 g/mol. The van der Waals surface area contributed by atoms with Crippen molar-refractivity contribution in [2.75, 3.05) is 18.0 Å². The molecule has 1 aromatic rings. The number of piperidine rings is 1. The van der Waals surface area contributed by atoms with Crippen molar-refractivity contribution < 1.29 is 5.21 Å². The van der Waals surface area contributed by atoms with Crippen molar-refractivity contribution >= 4 is 11.7 Å². The number of hydrogen-bond acceptors (Lipinski definition) is 4. The van der Waals surface area contributed by atoms with E-state index in [4.69, 9.17) is 10.9 Å². The molecule has 0 bridgehead atoms. The molecule has 1 fully saturated rings. The second-order valence-corrected chi connectivity index (χ2v) is 4.55. The molecule has 5 heteroatoms. The number of aromatic nitrogens is 1. The van der Waals surface area contributed by atoms with E-state index in [1.54, 1.807) is 12.3 Å². The van der Waals surface area contributed by atoms with Gasteiger partial charge in [-0.3, -0.25) is 0 Å². The van der Waals surface area contributed by atoms with Crippen LogP contribution in [0.2, 0.25) is 0 Å². The molecule has 0 saturated carbocycles. The molecule has 0 spiro atoms. The zero-order valence-electron chi connectivity index (χ0n) is 10.0. The molecule has 92 valence electrons. The Morgan fingerprint density at radius 3 is 3.18 bits per heavy atom. The summed E-state index contributed by atoms with van der Waals surface area (Å²) < 4.78 is 0. The van der Waals surface area contributed by atoms with Gasteiger partial charge in [0.1, 0.15) is 5.82 Å². The number of nitrogens with two attached hydrogens (primary N) is 1. The fourth-order valence-electron chi connectivity index (χ4n) is 2.28. The van der Waals surface area contributed by atoms with E-state index in [9.17, 15) is 0 Å². The molecular formula is C12H18N4O. The van der Waals surface area contributed by atoms with Gasteiger partial charge in [-0.25, -0.2) is 4.98 Å². The van der Waals surface area contributed by atoms with Crippen LogP contribution in [-0.2, 0) is 0 Å². The number of hydrogen-bond donors (Lipinski definition) is 2. The first kappa shape index (κ1) is 11.7. The smallest absolute Gasteiger partial charge is 0.173 e. The quantitative estimate of drug-likeness (QED) is 0.351. The Morgan fingerprint density at radius 2 is 2.47 bits per heavy atom. The molecule has 17 heavy (non-hydrogen) atoms. The zero-order valence-corrected chi connectivity index (χ0v) is 10.0. The molecule has 0 amide bonds. The Bertz CT molecular complexity index is 419. The maximum Gasteiger partial charge on any atom is 0.173 e. The summed E-state index contributed by atoms with van der Waals surface area (Å²) in [6.45, 7) is 4.19. The lowest BCUT2D eigenvalue weighted by molar-refractivity contribution is 0.318. The third-order valence-corrected chi connectivity index (χ3v) is 3.13. The van der Waals surface area contributed by atoms with Gasteiger partial charge in [0.05, 0.1) is 5.56 Å². The summed E-state index contributed by atoms with van der Waals surface area (Å²) in [5.74, 6) is 1.59. The number of anilines is 1. The highest BCUT2D eigenvalue weighted by Gasteiger charge is 2.20. The number of amidine groups is 1. The Hall–Kier alpha value is -1.78. The van der Waals surface area contributed by atoms with E-state index in [2.05, 4.69) is 22.0 Å². The first-order chi connectivity index (χ1) is 8.22. The van der Waals surface area contributed by atoms with Crippen LogP contribution in [0.5, 0.6) is 0 Å². The van der Waals surface area contributed by atoms with E-state index in [0.29, 0.717) is 11.5 Å². The minimum Gasteiger partial charge on any atom is -0.409 e. The van der Waals surface area contributed by atoms with Gasteiger partial charge in [-0.05, 0) is 30.9 Å². The van der Waals surface area contributed by atoms with Crippen LogP contribution >= 0.6 is 0 Å². The van der Waals surface area contributed by atoms with Gasteiger partial charge in [0.2, 0.25) is 0 Å². The molecule has 0 aromatic carbocycles. The standard InChI is InChI=1S/C12H18N4O/c1-9-4-3-7-16(8-9)12-10(11(13)15-17)5-2-6-14-12/h2,5-6,9,17H,3-4,7-8H2,1H3,(H2,13,15). The van der Waals surface area contributed by atoms with Gasteiger partial charge in [0.25, 0.3) is 0 Å². The van der Waals surface area contributed by atoms with Crippen molar-refractivity contribution in [1.29, 1.82) is 0 Å². The Balaban J connectivity index is 2.31. The molecule has 2 heterocycles. The van der Waals surface area contributed by atoms with Gasteiger partial charge in [-0.1, -0.05) is 12.1 Å². The maximum absolute atomic E-state index is 8.78. The van der Waals surface area contributed by atoms with Crippen molar-refractivity contribution in [2.45, 2.75) is 19.8 Å². The summed E-state index contributed by atoms with van der Waals surface area (Å²) in [6, 6.07) is 3.63. The van der Waals surface area contributed by atoms with Gasteiger partial charge in [-0.15, -0.1) is 0 Å². The minimum absolute atomic E-state index is 0.117. The van der Waals surface area contributed by atoms with Gasteiger partial charge in [-0.2, -0.15) is 0 Å². The predicted molar refractivity (Wildman–Crippen MR) is 67.4 cm³/mol.